The Hall–Kier alpha value is -3.39. The van der Waals surface area contributed by atoms with Crippen molar-refractivity contribution in [2.75, 3.05) is 6.54 Å². The molecule has 1 saturated heterocycles. The number of nitrogens with zero attached hydrogens (tertiary/aromatic N) is 3. The lowest BCUT2D eigenvalue weighted by molar-refractivity contribution is -0.165. The van der Waals surface area contributed by atoms with Gasteiger partial charge in [0.25, 0.3) is 0 Å². The molecule has 3 rings (SSSR count). The quantitative estimate of drug-likeness (QED) is 0.573. The van der Waals surface area contributed by atoms with E-state index in [9.17, 15) is 24.6 Å². The van der Waals surface area contributed by atoms with Crippen molar-refractivity contribution >= 4 is 17.7 Å². The summed E-state index contributed by atoms with van der Waals surface area (Å²) in [6.07, 6.45) is 4.55. The largest absolute Gasteiger partial charge is 0.481 e. The van der Waals surface area contributed by atoms with Gasteiger partial charge in [0, 0.05) is 18.9 Å². The van der Waals surface area contributed by atoms with E-state index in [0.29, 0.717) is 11.4 Å². The van der Waals surface area contributed by atoms with Crippen LogP contribution in [-0.2, 0) is 14.4 Å². The van der Waals surface area contributed by atoms with E-state index >= 15 is 0 Å². The van der Waals surface area contributed by atoms with Gasteiger partial charge in [-0.2, -0.15) is 0 Å². The van der Waals surface area contributed by atoms with Gasteiger partial charge in [0.05, 0.1) is 23.5 Å². The Morgan fingerprint density at radius 2 is 1.43 bits per heavy atom. The molecular weight excluding hydrogens is 362 g/mol. The van der Waals surface area contributed by atoms with Crippen molar-refractivity contribution in [1.29, 1.82) is 0 Å². The van der Waals surface area contributed by atoms with Crippen molar-refractivity contribution in [1.82, 2.24) is 14.9 Å². The van der Waals surface area contributed by atoms with Crippen LogP contribution in [0.2, 0.25) is 0 Å². The summed E-state index contributed by atoms with van der Waals surface area (Å²) < 4.78 is 0. The molecule has 0 aromatic carbocycles. The van der Waals surface area contributed by atoms with Crippen molar-refractivity contribution in [3.63, 3.8) is 0 Å². The first-order chi connectivity index (χ1) is 13.5. The van der Waals surface area contributed by atoms with Crippen LogP contribution in [0.15, 0.2) is 61.4 Å². The normalized spacial score (nSPS) is 25.2. The van der Waals surface area contributed by atoms with Crippen LogP contribution in [0.3, 0.4) is 0 Å². The Bertz CT molecular complexity index is 820. The predicted octanol–water partition coefficient (Wildman–Crippen LogP) is 1.73. The van der Waals surface area contributed by atoms with Crippen LogP contribution in [0, 0.1) is 11.8 Å². The molecular formula is C20H19N3O5. The number of likely N-dealkylation sites (tertiary alicyclic amines) is 1. The topological polar surface area (TPSA) is 121 Å². The minimum Gasteiger partial charge on any atom is -0.481 e. The molecule has 144 valence electrons. The highest BCUT2D eigenvalue weighted by molar-refractivity contribution is 6.09. The highest BCUT2D eigenvalue weighted by atomic mass is 16.4. The summed E-state index contributed by atoms with van der Waals surface area (Å²) in [5, 5.41) is 19.5. The van der Waals surface area contributed by atoms with Gasteiger partial charge in [0.15, 0.2) is 5.78 Å². The molecule has 28 heavy (non-hydrogen) atoms. The molecule has 1 aliphatic heterocycles. The number of piperidine rings is 1. The first kappa shape index (κ1) is 19.4. The van der Waals surface area contributed by atoms with E-state index in [0.717, 1.165) is 0 Å². The lowest BCUT2D eigenvalue weighted by Crippen LogP contribution is -2.55. The summed E-state index contributed by atoms with van der Waals surface area (Å²) in [6, 6.07) is 8.09. The molecule has 3 heterocycles. The number of carboxylic acid groups (broad SMARTS) is 2. The zero-order chi connectivity index (χ0) is 20.3. The van der Waals surface area contributed by atoms with Crippen molar-refractivity contribution in [2.24, 2.45) is 11.8 Å². The first-order valence-corrected chi connectivity index (χ1v) is 8.65. The maximum Gasteiger partial charge on any atom is 0.316 e. The SMILES string of the molecule is C=CCN1[C@H](c2ccccn2)C(C(=O)O)C(=O)C(C(=O)O)[C@@H]1c1ccccn1. The smallest absolute Gasteiger partial charge is 0.316 e. The molecule has 2 unspecified atom stereocenters. The summed E-state index contributed by atoms with van der Waals surface area (Å²) in [4.78, 5) is 47.2. The summed E-state index contributed by atoms with van der Waals surface area (Å²) in [6.45, 7) is 3.86. The molecule has 2 aromatic rings. The van der Waals surface area contributed by atoms with E-state index in [1.165, 1.54) is 12.4 Å². The van der Waals surface area contributed by atoms with Crippen LogP contribution < -0.4 is 0 Å². The molecule has 0 radical (unpaired) electrons. The summed E-state index contributed by atoms with van der Waals surface area (Å²) in [7, 11) is 0. The molecule has 8 heteroatoms. The van der Waals surface area contributed by atoms with Gasteiger partial charge in [-0.3, -0.25) is 29.3 Å². The average molecular weight is 381 g/mol. The summed E-state index contributed by atoms with van der Waals surface area (Å²) in [5.41, 5.74) is 0.740. The van der Waals surface area contributed by atoms with Gasteiger partial charge in [-0.05, 0) is 24.3 Å². The third-order valence-corrected chi connectivity index (χ3v) is 4.81. The number of aromatic nitrogens is 2. The van der Waals surface area contributed by atoms with Gasteiger partial charge in [-0.15, -0.1) is 6.58 Å². The fraction of sp³-hybridized carbons (Fsp3) is 0.250. The van der Waals surface area contributed by atoms with Gasteiger partial charge in [0.1, 0.15) is 11.8 Å². The Kier molecular flexibility index (Phi) is 5.60. The molecule has 4 atom stereocenters. The number of hydrogen-bond acceptors (Lipinski definition) is 6. The molecule has 1 fully saturated rings. The maximum absolute atomic E-state index is 13.1. The molecule has 8 nitrogen and oxygen atoms in total. The van der Waals surface area contributed by atoms with E-state index in [4.69, 9.17) is 0 Å². The monoisotopic (exact) mass is 381 g/mol. The van der Waals surface area contributed by atoms with Gasteiger partial charge < -0.3 is 10.2 Å². The van der Waals surface area contributed by atoms with Crippen LogP contribution in [0.1, 0.15) is 23.5 Å². The molecule has 2 N–H and O–H groups in total. The van der Waals surface area contributed by atoms with Crippen molar-refractivity contribution in [2.45, 2.75) is 12.1 Å². The van der Waals surface area contributed by atoms with Gasteiger partial charge >= 0.3 is 11.9 Å². The lowest BCUT2D eigenvalue weighted by atomic mass is 9.74. The highest BCUT2D eigenvalue weighted by Crippen LogP contribution is 2.45. The number of Topliss-reactive ketones (excluding diaryl/α,β-unsaturated/α-hetero) is 1. The lowest BCUT2D eigenvalue weighted by Gasteiger charge is -2.45. The standard InChI is InChI=1S/C20H19N3O5/c1-2-11-23-16(12-7-3-5-9-21-12)14(19(25)26)18(24)15(20(27)28)17(23)13-8-4-6-10-22-13/h2-10,14-17H,1,11H2,(H,25,26)(H,27,28)/t14?,15?,16-,17+. The Morgan fingerprint density at radius 3 is 1.75 bits per heavy atom. The second-order valence-electron chi connectivity index (χ2n) is 6.42. The van der Waals surface area contributed by atoms with E-state index in [1.807, 2.05) is 0 Å². The van der Waals surface area contributed by atoms with E-state index < -0.39 is 41.6 Å². The molecule has 0 saturated carbocycles. The zero-order valence-corrected chi connectivity index (χ0v) is 14.9. The van der Waals surface area contributed by atoms with Crippen LogP contribution in [0.25, 0.3) is 0 Å². The second-order valence-corrected chi connectivity index (χ2v) is 6.42. The Morgan fingerprint density at radius 1 is 0.964 bits per heavy atom. The number of hydrogen-bond donors (Lipinski definition) is 2. The molecule has 0 amide bonds. The molecule has 0 bridgehead atoms. The fourth-order valence-electron chi connectivity index (χ4n) is 3.73. The maximum atomic E-state index is 13.1. The number of pyridine rings is 2. The summed E-state index contributed by atoms with van der Waals surface area (Å²) >= 11 is 0. The Balaban J connectivity index is 2.24. The molecule has 2 aromatic heterocycles. The van der Waals surface area contributed by atoms with E-state index in [1.54, 1.807) is 47.4 Å². The highest BCUT2D eigenvalue weighted by Gasteiger charge is 2.55. The number of carbonyl (C=O) groups is 3. The van der Waals surface area contributed by atoms with E-state index in [-0.39, 0.29) is 6.54 Å². The summed E-state index contributed by atoms with van der Waals surface area (Å²) in [5.74, 6) is -6.79. The fourth-order valence-corrected chi connectivity index (χ4v) is 3.73. The minimum absolute atomic E-state index is 0.156. The Labute approximate surface area is 161 Å². The third-order valence-electron chi connectivity index (χ3n) is 4.81. The van der Waals surface area contributed by atoms with Gasteiger partial charge in [0.2, 0.25) is 0 Å². The number of carbonyl (C=O) groups excluding carboxylic acids is 1. The zero-order valence-electron chi connectivity index (χ0n) is 14.9. The third kappa shape index (κ3) is 3.41. The molecule has 0 aliphatic carbocycles. The number of carboxylic acids is 2. The van der Waals surface area contributed by atoms with Crippen LogP contribution in [-0.4, -0.2) is 49.3 Å². The van der Waals surface area contributed by atoms with Crippen molar-refractivity contribution < 1.29 is 24.6 Å². The van der Waals surface area contributed by atoms with Gasteiger partial charge in [-0.25, -0.2) is 0 Å². The number of ketones is 1. The van der Waals surface area contributed by atoms with Crippen LogP contribution in [0.5, 0.6) is 0 Å². The van der Waals surface area contributed by atoms with Crippen LogP contribution in [0.4, 0.5) is 0 Å². The minimum atomic E-state index is -1.57. The average Bonchev–Trinajstić information content (AvgIpc) is 2.69. The molecule has 1 aliphatic rings. The van der Waals surface area contributed by atoms with Gasteiger partial charge in [-0.1, -0.05) is 18.2 Å². The first-order valence-electron chi connectivity index (χ1n) is 8.65. The van der Waals surface area contributed by atoms with Crippen LogP contribution >= 0.6 is 0 Å². The second kappa shape index (κ2) is 8.10. The van der Waals surface area contributed by atoms with E-state index in [2.05, 4.69) is 16.5 Å². The van der Waals surface area contributed by atoms with Crippen molar-refractivity contribution in [3.8, 4) is 0 Å². The number of aliphatic carboxylic acids is 2. The predicted molar refractivity (Wildman–Crippen MR) is 98.1 cm³/mol. The number of rotatable bonds is 6. The van der Waals surface area contributed by atoms with Crippen molar-refractivity contribution in [3.05, 3.63) is 72.8 Å². The molecule has 0 spiro atoms.